The van der Waals surface area contributed by atoms with Crippen LogP contribution < -0.4 is 0 Å². The van der Waals surface area contributed by atoms with Crippen molar-refractivity contribution in [3.05, 3.63) is 35.6 Å². The Bertz CT molecular complexity index is 516. The van der Waals surface area contributed by atoms with Crippen LogP contribution in [0.15, 0.2) is 24.3 Å². The number of rotatable bonds is 4. The Hall–Kier alpha value is -1.42. The summed E-state index contributed by atoms with van der Waals surface area (Å²) in [6.45, 7) is 3.78. The van der Waals surface area contributed by atoms with Gasteiger partial charge in [0.25, 0.3) is 0 Å². The highest BCUT2D eigenvalue weighted by Crippen LogP contribution is 2.25. The minimum absolute atomic E-state index is 0.165. The largest absolute Gasteiger partial charge is 0.341 e. The van der Waals surface area contributed by atoms with Crippen LogP contribution >= 0.6 is 0 Å². The first-order valence-electron chi connectivity index (χ1n) is 8.49. The van der Waals surface area contributed by atoms with E-state index in [0.29, 0.717) is 18.4 Å². The van der Waals surface area contributed by atoms with Gasteiger partial charge in [-0.15, -0.1) is 0 Å². The molecule has 0 spiro atoms. The first-order chi connectivity index (χ1) is 10.7. The fourth-order valence-corrected chi connectivity index (χ4v) is 3.40. The quantitative estimate of drug-likeness (QED) is 0.854. The Morgan fingerprint density at radius 3 is 2.64 bits per heavy atom. The fraction of sp³-hybridized carbons (Fsp3) is 0.611. The molecule has 1 aromatic rings. The summed E-state index contributed by atoms with van der Waals surface area (Å²) in [4.78, 5) is 16.9. The number of amides is 1. The molecule has 0 unspecified atom stereocenters. The van der Waals surface area contributed by atoms with Crippen LogP contribution in [0.4, 0.5) is 4.39 Å². The Kier molecular flexibility index (Phi) is 5.08. The lowest BCUT2D eigenvalue weighted by atomic mass is 9.91. The average Bonchev–Trinajstić information content (AvgIpc) is 2.70. The Morgan fingerprint density at radius 1 is 1.09 bits per heavy atom. The summed E-state index contributed by atoms with van der Waals surface area (Å²) in [5.74, 6) is -0.0407. The summed E-state index contributed by atoms with van der Waals surface area (Å²) in [5.41, 5.74) is 0.641. The van der Waals surface area contributed by atoms with Crippen molar-refractivity contribution >= 4 is 5.91 Å². The first-order valence-corrected chi connectivity index (χ1v) is 8.49. The number of benzene rings is 1. The Balaban J connectivity index is 1.48. The van der Waals surface area contributed by atoms with Crippen LogP contribution in [0, 0.1) is 5.82 Å². The molecular formula is C18H25FN2O. The standard InChI is InChI=1S/C18H25FN2O/c19-17-8-2-1-5-15(17)9-10-18(22)21-12-4-11-20(13-14-21)16-6-3-7-16/h1-2,5,8,16H,3-4,6-7,9-14H2. The molecule has 1 aliphatic carbocycles. The molecule has 3 rings (SSSR count). The molecule has 1 aromatic carbocycles. The average molecular weight is 304 g/mol. The molecule has 0 radical (unpaired) electrons. The molecule has 1 saturated carbocycles. The van der Waals surface area contributed by atoms with E-state index in [1.165, 1.54) is 25.3 Å². The second-order valence-electron chi connectivity index (χ2n) is 6.45. The SMILES string of the molecule is O=C(CCc1ccccc1F)N1CCCN(C2CCC2)CC1. The molecule has 22 heavy (non-hydrogen) atoms. The second-order valence-corrected chi connectivity index (χ2v) is 6.45. The third-order valence-corrected chi connectivity index (χ3v) is 5.04. The predicted octanol–water partition coefficient (Wildman–Crippen LogP) is 2.85. The smallest absolute Gasteiger partial charge is 0.222 e. The van der Waals surface area contributed by atoms with Gasteiger partial charge in [0.05, 0.1) is 0 Å². The summed E-state index contributed by atoms with van der Waals surface area (Å²) in [7, 11) is 0. The van der Waals surface area contributed by atoms with E-state index in [-0.39, 0.29) is 11.7 Å². The van der Waals surface area contributed by atoms with Crippen molar-refractivity contribution in [2.45, 2.75) is 44.6 Å². The maximum Gasteiger partial charge on any atom is 0.222 e. The minimum atomic E-state index is -0.206. The molecule has 2 aliphatic rings. The molecule has 0 bridgehead atoms. The lowest BCUT2D eigenvalue weighted by molar-refractivity contribution is -0.131. The van der Waals surface area contributed by atoms with Gasteiger partial charge in [-0.2, -0.15) is 0 Å². The van der Waals surface area contributed by atoms with Crippen LogP contribution in [0.1, 0.15) is 37.7 Å². The summed E-state index contributed by atoms with van der Waals surface area (Å²) >= 11 is 0. The molecule has 1 aliphatic heterocycles. The van der Waals surface area contributed by atoms with Crippen LogP contribution in [0.2, 0.25) is 0 Å². The van der Waals surface area contributed by atoms with Gasteiger partial charge < -0.3 is 4.90 Å². The van der Waals surface area contributed by atoms with Gasteiger partial charge in [-0.05, 0) is 37.3 Å². The molecule has 2 fully saturated rings. The fourth-order valence-electron chi connectivity index (χ4n) is 3.40. The van der Waals surface area contributed by atoms with Crippen LogP contribution in [0.3, 0.4) is 0 Å². The minimum Gasteiger partial charge on any atom is -0.341 e. The summed E-state index contributed by atoms with van der Waals surface area (Å²) < 4.78 is 13.6. The third-order valence-electron chi connectivity index (χ3n) is 5.04. The molecule has 0 N–H and O–H groups in total. The summed E-state index contributed by atoms with van der Waals surface area (Å²) in [5, 5.41) is 0. The van der Waals surface area contributed by atoms with Crippen molar-refractivity contribution in [3.63, 3.8) is 0 Å². The molecule has 120 valence electrons. The number of nitrogens with zero attached hydrogens (tertiary/aromatic N) is 2. The molecule has 1 saturated heterocycles. The third kappa shape index (κ3) is 3.67. The van der Waals surface area contributed by atoms with Gasteiger partial charge in [-0.25, -0.2) is 4.39 Å². The van der Waals surface area contributed by atoms with E-state index in [2.05, 4.69) is 4.90 Å². The van der Waals surface area contributed by atoms with Crippen LogP contribution in [0.5, 0.6) is 0 Å². The number of carbonyl (C=O) groups is 1. The maximum atomic E-state index is 13.6. The monoisotopic (exact) mass is 304 g/mol. The Morgan fingerprint density at radius 2 is 1.91 bits per heavy atom. The topological polar surface area (TPSA) is 23.6 Å². The lowest BCUT2D eigenvalue weighted by Gasteiger charge is -2.36. The van der Waals surface area contributed by atoms with Gasteiger partial charge in [0, 0.05) is 38.6 Å². The van der Waals surface area contributed by atoms with Crippen LogP contribution in [-0.4, -0.2) is 47.9 Å². The molecule has 1 amide bonds. The van der Waals surface area contributed by atoms with Gasteiger partial charge in [0.2, 0.25) is 5.91 Å². The normalized spacial score (nSPS) is 20.5. The van der Waals surface area contributed by atoms with E-state index in [9.17, 15) is 9.18 Å². The van der Waals surface area contributed by atoms with Crippen molar-refractivity contribution in [2.75, 3.05) is 26.2 Å². The zero-order valence-electron chi connectivity index (χ0n) is 13.1. The molecule has 0 aromatic heterocycles. The van der Waals surface area contributed by atoms with E-state index >= 15 is 0 Å². The molecular weight excluding hydrogens is 279 g/mol. The van der Waals surface area contributed by atoms with Crippen LogP contribution in [0.25, 0.3) is 0 Å². The van der Waals surface area contributed by atoms with Gasteiger partial charge >= 0.3 is 0 Å². The summed E-state index contributed by atoms with van der Waals surface area (Å²) in [6, 6.07) is 7.50. The number of aryl methyl sites for hydroxylation is 1. The zero-order chi connectivity index (χ0) is 15.4. The Labute approximate surface area is 132 Å². The number of halogens is 1. The highest BCUT2D eigenvalue weighted by molar-refractivity contribution is 5.76. The molecule has 0 atom stereocenters. The number of hydrogen-bond acceptors (Lipinski definition) is 2. The van der Waals surface area contributed by atoms with E-state index < -0.39 is 0 Å². The lowest BCUT2D eigenvalue weighted by Crippen LogP contribution is -2.42. The van der Waals surface area contributed by atoms with Crippen molar-refractivity contribution in [1.29, 1.82) is 0 Å². The zero-order valence-corrected chi connectivity index (χ0v) is 13.1. The van der Waals surface area contributed by atoms with Gasteiger partial charge in [-0.1, -0.05) is 24.6 Å². The second kappa shape index (κ2) is 7.23. The van der Waals surface area contributed by atoms with Crippen molar-refractivity contribution < 1.29 is 9.18 Å². The summed E-state index contributed by atoms with van der Waals surface area (Å²) in [6.07, 6.45) is 5.95. The van der Waals surface area contributed by atoms with Gasteiger partial charge in [0.1, 0.15) is 5.82 Å². The number of hydrogen-bond donors (Lipinski definition) is 0. The molecule has 1 heterocycles. The van der Waals surface area contributed by atoms with Crippen LogP contribution in [-0.2, 0) is 11.2 Å². The molecule has 4 heteroatoms. The number of carbonyl (C=O) groups excluding carboxylic acids is 1. The highest BCUT2D eigenvalue weighted by atomic mass is 19.1. The van der Waals surface area contributed by atoms with Gasteiger partial charge in [0.15, 0.2) is 0 Å². The van der Waals surface area contributed by atoms with Gasteiger partial charge in [-0.3, -0.25) is 9.69 Å². The van der Waals surface area contributed by atoms with E-state index in [0.717, 1.165) is 38.6 Å². The predicted molar refractivity (Wildman–Crippen MR) is 85.1 cm³/mol. The van der Waals surface area contributed by atoms with E-state index in [4.69, 9.17) is 0 Å². The van der Waals surface area contributed by atoms with Crippen molar-refractivity contribution in [3.8, 4) is 0 Å². The highest BCUT2D eigenvalue weighted by Gasteiger charge is 2.27. The maximum absolute atomic E-state index is 13.6. The first kappa shape index (κ1) is 15.5. The molecule has 3 nitrogen and oxygen atoms in total. The van der Waals surface area contributed by atoms with E-state index in [1.54, 1.807) is 12.1 Å². The van der Waals surface area contributed by atoms with Crippen molar-refractivity contribution in [2.24, 2.45) is 0 Å². The van der Waals surface area contributed by atoms with E-state index in [1.807, 2.05) is 11.0 Å². The van der Waals surface area contributed by atoms with Crippen molar-refractivity contribution in [1.82, 2.24) is 9.80 Å².